The van der Waals surface area contributed by atoms with Gasteiger partial charge >= 0.3 is 6.18 Å². The first-order valence-electron chi connectivity index (χ1n) is 7.52. The smallest absolute Gasteiger partial charge is 0.417 e. The standard InChI is InChI=1S/C16H15ClF3N3O3S.H3N/c1-3-23(2)14-7-5-11(9-21-14)27(25,26)22-15(24)12-6-4-10(17)8-13(12)16(18,19)20;/h4-9H,3H2,1-2H3,(H,22,24);1H3. The van der Waals surface area contributed by atoms with Gasteiger partial charge in [0.2, 0.25) is 0 Å². The summed E-state index contributed by atoms with van der Waals surface area (Å²) < 4.78 is 66.7. The van der Waals surface area contributed by atoms with E-state index in [1.807, 2.05) is 6.92 Å². The van der Waals surface area contributed by atoms with Gasteiger partial charge in [0.25, 0.3) is 10.0 Å². The second kappa shape index (κ2) is 8.76. The average molecular weight is 439 g/mol. The zero-order valence-electron chi connectivity index (χ0n) is 15.2. The molecule has 1 aromatic carbocycles. The SMILES string of the molecule is CCN(C)c1ccc(S(=O)(=O)/N=C(\[O-])c2ccc(Cl)cc2C(F)(F)F)cn1.[NH4+]. The Hall–Kier alpha value is -2.37. The molecule has 2 aromatic rings. The number of pyridine rings is 1. The fraction of sp³-hybridized carbons (Fsp3) is 0.250. The van der Waals surface area contributed by atoms with E-state index in [9.17, 15) is 26.7 Å². The minimum absolute atomic E-state index is 0. The Kier molecular flexibility index (Phi) is 7.40. The molecule has 12 heteroatoms. The number of anilines is 1. The second-order valence-corrected chi connectivity index (χ2v) is 7.47. The van der Waals surface area contributed by atoms with Crippen molar-refractivity contribution in [3.8, 4) is 0 Å². The molecule has 2 rings (SSSR count). The molecule has 0 saturated carbocycles. The highest BCUT2D eigenvalue weighted by Crippen LogP contribution is 2.34. The van der Waals surface area contributed by atoms with Crippen molar-refractivity contribution in [2.75, 3.05) is 18.5 Å². The van der Waals surface area contributed by atoms with Gasteiger partial charge in [-0.3, -0.25) is 0 Å². The van der Waals surface area contributed by atoms with Gasteiger partial charge in [0.15, 0.2) is 0 Å². The van der Waals surface area contributed by atoms with Crippen LogP contribution in [0.3, 0.4) is 0 Å². The van der Waals surface area contributed by atoms with E-state index in [4.69, 9.17) is 11.6 Å². The first-order valence-corrected chi connectivity index (χ1v) is 9.34. The van der Waals surface area contributed by atoms with Gasteiger partial charge < -0.3 is 16.2 Å². The molecule has 0 spiro atoms. The molecule has 0 fully saturated rings. The van der Waals surface area contributed by atoms with Crippen LogP contribution in [0.2, 0.25) is 5.02 Å². The van der Waals surface area contributed by atoms with E-state index in [0.717, 1.165) is 18.3 Å². The minimum Gasteiger partial charge on any atom is -0.858 e. The van der Waals surface area contributed by atoms with Gasteiger partial charge in [-0.1, -0.05) is 17.7 Å². The Bertz CT molecular complexity index is 964. The van der Waals surface area contributed by atoms with Gasteiger partial charge in [-0.05, 0) is 36.8 Å². The van der Waals surface area contributed by atoms with Crippen LogP contribution < -0.4 is 16.2 Å². The Morgan fingerprint density at radius 1 is 1.29 bits per heavy atom. The molecule has 28 heavy (non-hydrogen) atoms. The van der Waals surface area contributed by atoms with Gasteiger partial charge in [-0.2, -0.15) is 26.0 Å². The fourth-order valence-electron chi connectivity index (χ4n) is 2.06. The van der Waals surface area contributed by atoms with Crippen molar-refractivity contribution >= 4 is 33.3 Å². The Morgan fingerprint density at radius 2 is 1.93 bits per heavy atom. The first-order chi connectivity index (χ1) is 12.5. The molecule has 1 aromatic heterocycles. The van der Waals surface area contributed by atoms with Crippen molar-refractivity contribution in [2.24, 2.45) is 4.40 Å². The van der Waals surface area contributed by atoms with Gasteiger partial charge in [0.1, 0.15) is 10.7 Å². The van der Waals surface area contributed by atoms with Crippen molar-refractivity contribution in [1.29, 1.82) is 0 Å². The van der Waals surface area contributed by atoms with Crippen LogP contribution in [0, 0.1) is 0 Å². The van der Waals surface area contributed by atoms with E-state index in [-0.39, 0.29) is 11.2 Å². The number of nitrogens with zero attached hydrogens (tertiary/aromatic N) is 3. The van der Waals surface area contributed by atoms with Gasteiger partial charge in [0.05, 0.1) is 5.56 Å². The minimum atomic E-state index is -4.90. The molecule has 0 unspecified atom stereocenters. The van der Waals surface area contributed by atoms with Crippen LogP contribution in [0.15, 0.2) is 45.8 Å². The van der Waals surface area contributed by atoms with Crippen LogP contribution in [0.5, 0.6) is 0 Å². The molecule has 7 nitrogen and oxygen atoms in total. The van der Waals surface area contributed by atoms with Crippen LogP contribution >= 0.6 is 11.6 Å². The lowest BCUT2D eigenvalue weighted by Gasteiger charge is -2.18. The van der Waals surface area contributed by atoms with Crippen molar-refractivity contribution < 1.29 is 26.7 Å². The average Bonchev–Trinajstić information content (AvgIpc) is 2.59. The third-order valence-corrected chi connectivity index (χ3v) is 5.08. The molecule has 0 radical (unpaired) electrons. The van der Waals surface area contributed by atoms with Crippen LogP contribution in [-0.2, 0) is 16.2 Å². The zero-order valence-corrected chi connectivity index (χ0v) is 16.7. The van der Waals surface area contributed by atoms with E-state index in [0.29, 0.717) is 18.4 Å². The summed E-state index contributed by atoms with van der Waals surface area (Å²) in [7, 11) is -2.80. The monoisotopic (exact) mass is 438 g/mol. The van der Waals surface area contributed by atoms with E-state index >= 15 is 0 Å². The summed E-state index contributed by atoms with van der Waals surface area (Å²) in [6.45, 7) is 2.49. The molecular formula is C16H18ClF3N4O3S. The number of rotatable bonds is 5. The molecule has 0 bridgehead atoms. The fourth-order valence-corrected chi connectivity index (χ4v) is 3.08. The third kappa shape index (κ3) is 5.33. The largest absolute Gasteiger partial charge is 0.858 e. The maximum absolute atomic E-state index is 13.1. The molecule has 4 N–H and O–H groups in total. The molecule has 0 aliphatic carbocycles. The number of quaternary nitrogens is 1. The molecule has 1 heterocycles. The van der Waals surface area contributed by atoms with Crippen molar-refractivity contribution in [2.45, 2.75) is 18.0 Å². The van der Waals surface area contributed by atoms with Crippen LogP contribution in [0.1, 0.15) is 18.1 Å². The Morgan fingerprint density at radius 3 is 2.43 bits per heavy atom. The molecule has 154 valence electrons. The predicted molar refractivity (Wildman–Crippen MR) is 99.3 cm³/mol. The molecule has 0 saturated heterocycles. The number of benzene rings is 1. The number of aromatic nitrogens is 1. The Balaban J connectivity index is 0.00000392. The van der Waals surface area contributed by atoms with Gasteiger partial charge in [-0.15, -0.1) is 0 Å². The van der Waals surface area contributed by atoms with Crippen molar-refractivity contribution in [3.63, 3.8) is 0 Å². The van der Waals surface area contributed by atoms with Crippen LogP contribution in [0.4, 0.5) is 19.0 Å². The first kappa shape index (κ1) is 23.7. The summed E-state index contributed by atoms with van der Waals surface area (Å²) in [6, 6.07) is 4.94. The van der Waals surface area contributed by atoms with Crippen molar-refractivity contribution in [3.05, 3.63) is 52.7 Å². The lowest BCUT2D eigenvalue weighted by Crippen LogP contribution is -2.25. The summed E-state index contributed by atoms with van der Waals surface area (Å²) in [5.41, 5.74) is -2.28. The lowest BCUT2D eigenvalue weighted by molar-refractivity contribution is -0.213. The van der Waals surface area contributed by atoms with Gasteiger partial charge in [-0.25, -0.2) is 4.98 Å². The van der Waals surface area contributed by atoms with E-state index in [1.54, 1.807) is 11.9 Å². The van der Waals surface area contributed by atoms with E-state index in [2.05, 4.69) is 9.38 Å². The quantitative estimate of drug-likeness (QED) is 0.567. The summed E-state index contributed by atoms with van der Waals surface area (Å²) in [5, 5.41) is 11.9. The number of sulfonamides is 1. The molecular weight excluding hydrogens is 421 g/mol. The van der Waals surface area contributed by atoms with Crippen LogP contribution in [0.25, 0.3) is 0 Å². The van der Waals surface area contributed by atoms with Crippen LogP contribution in [-0.4, -0.2) is 32.9 Å². The second-order valence-electron chi connectivity index (χ2n) is 5.43. The summed E-state index contributed by atoms with van der Waals surface area (Å²) in [6.07, 6.45) is -3.91. The highest BCUT2D eigenvalue weighted by atomic mass is 35.5. The highest BCUT2D eigenvalue weighted by molar-refractivity contribution is 7.90. The normalized spacial score (nSPS) is 12.4. The molecule has 0 aliphatic heterocycles. The van der Waals surface area contributed by atoms with E-state index in [1.165, 1.54) is 12.1 Å². The highest BCUT2D eigenvalue weighted by Gasteiger charge is 2.34. The molecule has 0 aliphatic rings. The number of alkyl halides is 3. The maximum Gasteiger partial charge on any atom is 0.417 e. The summed E-state index contributed by atoms with van der Waals surface area (Å²) >= 11 is 5.54. The topological polar surface area (TPSA) is 122 Å². The summed E-state index contributed by atoms with van der Waals surface area (Å²) in [4.78, 5) is 5.27. The number of hydrogen-bond acceptors (Lipinski definition) is 5. The Labute approximate surface area is 165 Å². The predicted octanol–water partition coefficient (Wildman–Crippen LogP) is 3.08. The molecule has 0 amide bonds. The number of hydrogen-bond donors (Lipinski definition) is 1. The zero-order chi connectivity index (χ0) is 20.4. The number of halogens is 4. The summed E-state index contributed by atoms with van der Waals surface area (Å²) in [5.74, 6) is -1.06. The van der Waals surface area contributed by atoms with Crippen molar-refractivity contribution in [1.82, 2.24) is 11.1 Å². The van der Waals surface area contributed by atoms with Gasteiger partial charge in [0, 0.05) is 30.7 Å². The maximum atomic E-state index is 13.1. The van der Waals surface area contributed by atoms with E-state index < -0.39 is 38.1 Å². The molecule has 0 atom stereocenters. The third-order valence-electron chi connectivity index (χ3n) is 3.60. The lowest BCUT2D eigenvalue weighted by atomic mass is 10.1.